The minimum atomic E-state index is -3.77. The first kappa shape index (κ1) is 36.8. The molecule has 2 saturated carbocycles. The van der Waals surface area contributed by atoms with Gasteiger partial charge in [-0.3, -0.25) is 0 Å². The van der Waals surface area contributed by atoms with Crippen molar-refractivity contribution in [2.24, 2.45) is 0 Å². The Morgan fingerprint density at radius 2 is 1.06 bits per heavy atom. The van der Waals surface area contributed by atoms with Gasteiger partial charge >= 0.3 is 306 Å². The Balaban J connectivity index is 1.68. The van der Waals surface area contributed by atoms with Gasteiger partial charge in [0, 0.05) is 0 Å². The van der Waals surface area contributed by atoms with Crippen LogP contribution in [0.2, 0.25) is 8.78 Å². The second-order valence-corrected chi connectivity index (χ2v) is 32.8. The molecule has 2 N–H and O–H groups in total. The van der Waals surface area contributed by atoms with Crippen LogP contribution >= 0.6 is 16.3 Å². The molecular weight excluding hydrogens is 727 g/mol. The van der Waals surface area contributed by atoms with Crippen molar-refractivity contribution in [3.05, 3.63) is 102 Å². The molecule has 0 radical (unpaired) electrons. The van der Waals surface area contributed by atoms with Crippen LogP contribution in [-0.2, 0) is 12.8 Å². The van der Waals surface area contributed by atoms with Gasteiger partial charge in [0.25, 0.3) is 0 Å². The van der Waals surface area contributed by atoms with Crippen LogP contribution in [0.1, 0.15) is 140 Å². The van der Waals surface area contributed by atoms with E-state index in [9.17, 15) is 9.53 Å². The van der Waals surface area contributed by atoms with Crippen molar-refractivity contribution in [1.29, 1.82) is 0 Å². The molecule has 0 aromatic heterocycles. The third-order valence-corrected chi connectivity index (χ3v) is 32.9. The molecule has 0 spiro atoms. The Kier molecular flexibility index (Phi) is 11.5. The molecule has 1 nitrogen and oxygen atoms in total. The van der Waals surface area contributed by atoms with Crippen LogP contribution < -0.4 is 15.1 Å². The van der Waals surface area contributed by atoms with Gasteiger partial charge in [0.2, 0.25) is 0 Å². The van der Waals surface area contributed by atoms with Gasteiger partial charge in [-0.15, -0.1) is 0 Å². The molecule has 1 unspecified atom stereocenters. The van der Waals surface area contributed by atoms with Crippen molar-refractivity contribution in [1.82, 2.24) is 0 Å². The third-order valence-electron chi connectivity index (χ3n) is 11.0. The fraction of sp³-hybridized carbons (Fsp3) is 0.467. The van der Waals surface area contributed by atoms with E-state index in [1.54, 1.807) is 0 Å². The summed E-state index contributed by atoms with van der Waals surface area (Å²) in [6.45, 7) is 14.8. The van der Waals surface area contributed by atoms with Crippen molar-refractivity contribution in [2.75, 3.05) is 5.73 Å². The monoisotopic (exact) mass is 786 g/mol. The summed E-state index contributed by atoms with van der Waals surface area (Å²) in [6, 6.07) is 32.4. The van der Waals surface area contributed by atoms with E-state index in [0.29, 0.717) is 33.3 Å². The fourth-order valence-electron chi connectivity index (χ4n) is 8.32. The summed E-state index contributed by atoms with van der Waals surface area (Å²) in [6.07, 6.45) is 12.9. The summed E-state index contributed by atoms with van der Waals surface area (Å²) in [5.74, 6) is 1.35. The number of benzene rings is 4. The second kappa shape index (κ2) is 15.3. The standard InChI is InChI=1S/C21H28P.C12H10N.2C6H11.ClH.Pd/c1-13(2)16-11-18(14(3)4)21(19(12-16)15(5)6)17-9-7-8-10-20(17)22;13-12-9-5-4-8-11(12)10-6-2-1-3-7-10;2*1-2-4-6-5-3-1;;/h7-15,22H,1-6H3;1-6,8-9H,13H2;2*1H,2-6H2;1H;/q-1;;;;;+2/p-1. The summed E-state index contributed by atoms with van der Waals surface area (Å²) >= 11 is -3.77. The molecular formula is C45H60ClNPPd. The number of anilines is 1. The molecule has 0 aliphatic heterocycles. The van der Waals surface area contributed by atoms with E-state index in [1.807, 2.05) is 0 Å². The maximum atomic E-state index is 9.29. The molecule has 0 heterocycles. The maximum absolute atomic E-state index is 9.29. The Labute approximate surface area is 304 Å². The van der Waals surface area contributed by atoms with Crippen LogP contribution in [0.5, 0.6) is 0 Å². The van der Waals surface area contributed by atoms with Crippen molar-refractivity contribution < 1.29 is 12.8 Å². The SMILES string of the molecule is CC(C)c1cc(C(C)C)c(-c2ccccc2[PH][Pd]([Cl])([c]2ccccc2-c2ccccc2N)([CH]2CCCCC2)[CH]2CCCCC2)c(C(C)C)c1. The van der Waals surface area contributed by atoms with E-state index in [0.717, 1.165) is 11.3 Å². The molecule has 4 aromatic carbocycles. The number of hydrogen-bond acceptors (Lipinski definition) is 1. The van der Waals surface area contributed by atoms with Crippen LogP contribution in [0.25, 0.3) is 22.3 Å². The number of rotatable bonds is 10. The van der Waals surface area contributed by atoms with Gasteiger partial charge in [-0.05, 0) is 0 Å². The van der Waals surface area contributed by atoms with Crippen molar-refractivity contribution >= 4 is 31.3 Å². The first-order chi connectivity index (χ1) is 23.5. The van der Waals surface area contributed by atoms with Gasteiger partial charge in [0.05, 0.1) is 0 Å². The normalized spacial score (nSPS) is 17.7. The molecule has 2 fully saturated rings. The second-order valence-electron chi connectivity index (χ2n) is 15.4. The molecule has 1 atom stereocenters. The van der Waals surface area contributed by atoms with E-state index in [2.05, 4.69) is 126 Å². The Morgan fingerprint density at radius 3 is 1.57 bits per heavy atom. The summed E-state index contributed by atoms with van der Waals surface area (Å²) in [4.78, 5) is 0. The summed E-state index contributed by atoms with van der Waals surface area (Å²) in [5.41, 5.74) is 17.4. The van der Waals surface area contributed by atoms with Crippen LogP contribution in [0.3, 0.4) is 0 Å². The molecule has 0 bridgehead atoms. The number of hydrogen-bond donors (Lipinski definition) is 1. The zero-order valence-electron chi connectivity index (χ0n) is 30.8. The van der Waals surface area contributed by atoms with Gasteiger partial charge < -0.3 is 0 Å². The third kappa shape index (κ3) is 7.00. The molecule has 2 aliphatic rings. The van der Waals surface area contributed by atoms with Crippen LogP contribution in [0, 0.1) is 0 Å². The van der Waals surface area contributed by atoms with E-state index in [-0.39, 0.29) is 0 Å². The molecule has 0 amide bonds. The Morgan fingerprint density at radius 1 is 0.592 bits per heavy atom. The molecule has 2 aliphatic carbocycles. The predicted octanol–water partition coefficient (Wildman–Crippen LogP) is 13.9. The first-order valence-corrected chi connectivity index (χ1v) is 26.7. The number of halogens is 1. The summed E-state index contributed by atoms with van der Waals surface area (Å²) in [7, 11) is 9.29. The Hall–Kier alpha value is -1.94. The Bertz CT molecular complexity index is 1700. The number of nitrogens with two attached hydrogens (primary N) is 1. The molecule has 6 rings (SSSR count). The van der Waals surface area contributed by atoms with E-state index < -0.39 is 12.8 Å². The van der Waals surface area contributed by atoms with Crippen molar-refractivity contribution in [3.63, 3.8) is 0 Å². The fourth-order valence-corrected chi connectivity index (χ4v) is 31.0. The van der Waals surface area contributed by atoms with Crippen molar-refractivity contribution in [3.8, 4) is 22.3 Å². The first-order valence-electron chi connectivity index (χ1n) is 18.9. The summed E-state index contributed by atoms with van der Waals surface area (Å²) in [5, 5.41) is 1.49. The van der Waals surface area contributed by atoms with Crippen molar-refractivity contribution in [2.45, 2.75) is 132 Å². The van der Waals surface area contributed by atoms with E-state index in [1.165, 1.54) is 107 Å². The zero-order valence-corrected chi connectivity index (χ0v) is 34.1. The topological polar surface area (TPSA) is 26.0 Å². The quantitative estimate of drug-likeness (QED) is 0.0967. The summed E-state index contributed by atoms with van der Waals surface area (Å²) < 4.78 is 2.57. The van der Waals surface area contributed by atoms with Gasteiger partial charge in [0.15, 0.2) is 0 Å². The van der Waals surface area contributed by atoms with Gasteiger partial charge in [-0.2, -0.15) is 0 Å². The van der Waals surface area contributed by atoms with E-state index >= 15 is 0 Å². The van der Waals surface area contributed by atoms with Gasteiger partial charge in [0.1, 0.15) is 0 Å². The predicted molar refractivity (Wildman–Crippen MR) is 218 cm³/mol. The molecule has 0 saturated heterocycles. The molecule has 4 heteroatoms. The van der Waals surface area contributed by atoms with Crippen LogP contribution in [0.15, 0.2) is 84.9 Å². The number of para-hydroxylation sites is 1. The number of nitrogen functional groups attached to an aromatic ring is 1. The van der Waals surface area contributed by atoms with Crippen LogP contribution in [-0.4, -0.2) is 0 Å². The van der Waals surface area contributed by atoms with Gasteiger partial charge in [-0.1, -0.05) is 0 Å². The molecule has 4 aromatic rings. The molecule has 267 valence electrons. The average molecular weight is 788 g/mol. The minimum absolute atomic E-state index is 0.426. The average Bonchev–Trinajstić information content (AvgIpc) is 3.12. The van der Waals surface area contributed by atoms with Crippen LogP contribution in [0.4, 0.5) is 5.69 Å². The van der Waals surface area contributed by atoms with Gasteiger partial charge in [-0.25, -0.2) is 0 Å². The van der Waals surface area contributed by atoms with E-state index in [4.69, 9.17) is 5.73 Å². The zero-order chi connectivity index (χ0) is 34.8. The molecule has 49 heavy (non-hydrogen) atoms.